The quantitative estimate of drug-likeness (QED) is 0.719. The van der Waals surface area contributed by atoms with E-state index in [0.29, 0.717) is 12.4 Å². The van der Waals surface area contributed by atoms with Gasteiger partial charge in [0.25, 0.3) is 6.02 Å². The van der Waals surface area contributed by atoms with E-state index in [4.69, 9.17) is 31.8 Å². The Morgan fingerprint density at radius 3 is 2.68 bits per heavy atom. The molecule has 5 rings (SSSR count). The highest BCUT2D eigenvalue weighted by atomic mass is 35.5. The van der Waals surface area contributed by atoms with Crippen LogP contribution in [0.3, 0.4) is 0 Å². The number of hydrogen-bond acceptors (Lipinski definition) is 6. The number of pyridine rings is 1. The third-order valence-corrected chi connectivity index (χ3v) is 7.38. The molecular formula is C23H23ClFN3O3. The van der Waals surface area contributed by atoms with Crippen LogP contribution in [0.1, 0.15) is 54.7 Å². The van der Waals surface area contributed by atoms with E-state index in [1.54, 1.807) is 0 Å². The van der Waals surface area contributed by atoms with Gasteiger partial charge in [-0.25, -0.2) is 14.4 Å². The van der Waals surface area contributed by atoms with Crippen LogP contribution in [-0.4, -0.2) is 29.0 Å². The minimum Gasteiger partial charge on any atom is -0.487 e. The molecule has 1 fully saturated rings. The van der Waals surface area contributed by atoms with Gasteiger partial charge in [-0.15, -0.1) is 0 Å². The van der Waals surface area contributed by atoms with Crippen LogP contribution < -0.4 is 10.5 Å². The molecule has 3 heterocycles. The number of nitrogens with two attached hydrogens (primary N) is 1. The summed E-state index contributed by atoms with van der Waals surface area (Å²) in [5.74, 6) is -0.451. The number of benzene rings is 1. The maximum Gasteiger partial charge on any atom is 0.283 e. The molecule has 8 heteroatoms. The highest BCUT2D eigenvalue weighted by Crippen LogP contribution is 2.67. The van der Waals surface area contributed by atoms with Crippen molar-refractivity contribution in [2.24, 2.45) is 16.1 Å². The maximum absolute atomic E-state index is 14.2. The first-order chi connectivity index (χ1) is 14.7. The first kappa shape index (κ1) is 20.2. The van der Waals surface area contributed by atoms with Crippen molar-refractivity contribution in [2.75, 3.05) is 6.61 Å². The topological polar surface area (TPSA) is 86.8 Å². The summed E-state index contributed by atoms with van der Waals surface area (Å²) >= 11 is 5.75. The molecule has 1 aromatic heterocycles. The Balaban J connectivity index is 1.56. The Morgan fingerprint density at radius 2 is 2.06 bits per heavy atom. The minimum absolute atomic E-state index is 0.00857. The number of carbonyl (C=O) groups excluding carboxylic acids is 1. The molecule has 2 aliphatic heterocycles. The fourth-order valence-corrected chi connectivity index (χ4v) is 5.62. The highest BCUT2D eigenvalue weighted by Gasteiger charge is 2.69. The van der Waals surface area contributed by atoms with Crippen molar-refractivity contribution in [3.63, 3.8) is 0 Å². The number of halogens is 2. The molecule has 2 N–H and O–H groups in total. The van der Waals surface area contributed by atoms with E-state index >= 15 is 0 Å². The molecule has 1 unspecified atom stereocenters. The van der Waals surface area contributed by atoms with Crippen molar-refractivity contribution in [1.82, 2.24) is 4.98 Å². The third kappa shape index (κ3) is 2.79. The molecule has 3 aliphatic rings. The highest BCUT2D eigenvalue weighted by molar-refractivity contribution is 6.30. The Kier molecular flexibility index (Phi) is 4.35. The van der Waals surface area contributed by atoms with Gasteiger partial charge in [0, 0.05) is 23.6 Å². The summed E-state index contributed by atoms with van der Waals surface area (Å²) < 4.78 is 26.3. The lowest BCUT2D eigenvalue weighted by molar-refractivity contribution is -0.157. The molecule has 1 aromatic carbocycles. The van der Waals surface area contributed by atoms with Gasteiger partial charge in [-0.05, 0) is 50.5 Å². The normalized spacial score (nSPS) is 24.7. The zero-order valence-corrected chi connectivity index (χ0v) is 18.1. The Hall–Kier alpha value is -2.67. The number of Topliss-reactive ketones (excluding diaryl/α,β-unsaturated/α-hetero) is 1. The molecule has 0 radical (unpaired) electrons. The van der Waals surface area contributed by atoms with E-state index in [2.05, 4.69) is 18.8 Å². The summed E-state index contributed by atoms with van der Waals surface area (Å²) in [4.78, 5) is 21.4. The third-order valence-electron chi connectivity index (χ3n) is 7.17. The van der Waals surface area contributed by atoms with Gasteiger partial charge in [-0.2, -0.15) is 0 Å². The van der Waals surface area contributed by atoms with Crippen LogP contribution in [-0.2, 0) is 16.7 Å². The molecule has 162 valence electrons. The van der Waals surface area contributed by atoms with Crippen LogP contribution in [0.2, 0.25) is 5.02 Å². The average molecular weight is 444 g/mol. The second-order valence-electron chi connectivity index (χ2n) is 9.06. The number of hydrogen-bond donors (Lipinski definition) is 1. The fourth-order valence-electron chi connectivity index (χ4n) is 5.48. The number of aliphatic imine (C=N–C) groups is 1. The SMILES string of the molecule is CC1(C)Oc2ccc(CC(=O)c3ncc(Cl)cc3F)cc2C2(COC(N)=N2)C12CCC2. The molecule has 2 spiro atoms. The summed E-state index contributed by atoms with van der Waals surface area (Å²) in [6, 6.07) is 6.84. The van der Waals surface area contributed by atoms with Crippen LogP contribution in [0.5, 0.6) is 5.75 Å². The Bertz CT molecular complexity index is 1130. The second-order valence-corrected chi connectivity index (χ2v) is 9.50. The lowest BCUT2D eigenvalue weighted by Crippen LogP contribution is -2.66. The van der Waals surface area contributed by atoms with Crippen molar-refractivity contribution < 1.29 is 18.7 Å². The number of nitrogens with zero attached hydrogens (tertiary/aromatic N) is 2. The lowest BCUT2D eigenvalue weighted by atomic mass is 9.48. The van der Waals surface area contributed by atoms with Crippen molar-refractivity contribution >= 4 is 23.4 Å². The van der Waals surface area contributed by atoms with Gasteiger partial charge in [0.15, 0.2) is 11.6 Å². The van der Waals surface area contributed by atoms with Gasteiger partial charge in [0.05, 0.1) is 5.02 Å². The molecular weight excluding hydrogens is 421 g/mol. The number of aromatic nitrogens is 1. The summed E-state index contributed by atoms with van der Waals surface area (Å²) in [6.07, 6.45) is 4.24. The Labute approximate surface area is 184 Å². The number of carbonyl (C=O) groups is 1. The number of ketones is 1. The van der Waals surface area contributed by atoms with E-state index < -0.39 is 22.7 Å². The molecule has 1 aliphatic carbocycles. The predicted octanol–water partition coefficient (Wildman–Crippen LogP) is 4.18. The number of amidine groups is 1. The van der Waals surface area contributed by atoms with Crippen LogP contribution in [0.25, 0.3) is 0 Å². The summed E-state index contributed by atoms with van der Waals surface area (Å²) in [5, 5.41) is 0.145. The molecule has 31 heavy (non-hydrogen) atoms. The summed E-state index contributed by atoms with van der Waals surface area (Å²) in [7, 11) is 0. The number of rotatable bonds is 3. The molecule has 1 atom stereocenters. The molecule has 1 saturated carbocycles. The van der Waals surface area contributed by atoms with Crippen LogP contribution >= 0.6 is 11.6 Å². The molecule has 0 bridgehead atoms. The van der Waals surface area contributed by atoms with E-state index in [1.165, 1.54) is 6.20 Å². The second kappa shape index (κ2) is 6.66. The van der Waals surface area contributed by atoms with E-state index in [1.807, 2.05) is 18.2 Å². The van der Waals surface area contributed by atoms with E-state index in [0.717, 1.165) is 36.5 Å². The average Bonchev–Trinajstić information content (AvgIpc) is 3.03. The molecule has 2 aromatic rings. The van der Waals surface area contributed by atoms with Gasteiger partial charge in [0.2, 0.25) is 0 Å². The van der Waals surface area contributed by atoms with Crippen LogP contribution in [0.15, 0.2) is 35.5 Å². The smallest absolute Gasteiger partial charge is 0.283 e. The fraction of sp³-hybridized carbons (Fsp3) is 0.435. The van der Waals surface area contributed by atoms with Crippen molar-refractivity contribution in [3.05, 3.63) is 58.1 Å². The van der Waals surface area contributed by atoms with Crippen molar-refractivity contribution in [2.45, 2.75) is 50.7 Å². The minimum atomic E-state index is -0.730. The monoisotopic (exact) mass is 443 g/mol. The zero-order chi connectivity index (χ0) is 22.0. The van der Waals surface area contributed by atoms with Crippen LogP contribution in [0, 0.1) is 11.2 Å². The number of ether oxygens (including phenoxy) is 2. The standard InChI is InChI=1S/C23H23ClFN3O3/c1-21(2)22(6-3-7-22)23(12-30-20(26)28-23)15-8-13(4-5-18(15)31-21)9-17(29)19-16(25)10-14(24)11-27-19/h4-5,8,10-11H,3,6-7,9,12H2,1-2H3,(H2,26,28). The Morgan fingerprint density at radius 1 is 1.29 bits per heavy atom. The first-order valence-electron chi connectivity index (χ1n) is 10.3. The van der Waals surface area contributed by atoms with Crippen molar-refractivity contribution in [3.8, 4) is 5.75 Å². The molecule has 0 amide bonds. The largest absolute Gasteiger partial charge is 0.487 e. The van der Waals surface area contributed by atoms with Gasteiger partial charge in [-0.3, -0.25) is 4.79 Å². The zero-order valence-electron chi connectivity index (χ0n) is 17.4. The van der Waals surface area contributed by atoms with Crippen molar-refractivity contribution in [1.29, 1.82) is 0 Å². The summed E-state index contributed by atoms with van der Waals surface area (Å²) in [5.41, 5.74) is 5.96. The first-order valence-corrected chi connectivity index (χ1v) is 10.7. The molecule has 0 saturated heterocycles. The van der Waals surface area contributed by atoms with E-state index in [9.17, 15) is 9.18 Å². The van der Waals surface area contributed by atoms with Gasteiger partial charge < -0.3 is 15.2 Å². The molecule has 6 nitrogen and oxygen atoms in total. The van der Waals surface area contributed by atoms with Crippen LogP contribution in [0.4, 0.5) is 4.39 Å². The van der Waals surface area contributed by atoms with Gasteiger partial charge >= 0.3 is 0 Å². The van der Waals surface area contributed by atoms with Gasteiger partial charge in [0.1, 0.15) is 29.2 Å². The lowest BCUT2D eigenvalue weighted by Gasteiger charge is -2.62. The van der Waals surface area contributed by atoms with E-state index in [-0.39, 0.29) is 28.6 Å². The number of fused-ring (bicyclic) bond motifs is 3. The summed E-state index contributed by atoms with van der Waals surface area (Å²) in [6.45, 7) is 4.52. The predicted molar refractivity (Wildman–Crippen MR) is 114 cm³/mol. The van der Waals surface area contributed by atoms with Gasteiger partial charge in [-0.1, -0.05) is 24.1 Å². The maximum atomic E-state index is 14.2.